The Morgan fingerprint density at radius 2 is 0.667 bits per heavy atom. The van der Waals surface area contributed by atoms with E-state index in [9.17, 15) is 43.2 Å². The molecule has 0 rings (SSSR count). The Balaban J connectivity index is -0.000000577. The molecule has 0 radical (unpaired) electrons. The number of ketones is 7. The summed E-state index contributed by atoms with van der Waals surface area (Å²) in [5.41, 5.74) is -2.49. The zero-order chi connectivity index (χ0) is 74.9. The molecule has 4 atom stereocenters. The lowest BCUT2D eigenvalue weighted by atomic mass is 9.80. The lowest BCUT2D eigenvalue weighted by Crippen LogP contribution is -2.52. The van der Waals surface area contributed by atoms with Gasteiger partial charge in [0.05, 0.1) is 50.5 Å². The lowest BCUT2D eigenvalue weighted by Gasteiger charge is -2.32. The van der Waals surface area contributed by atoms with E-state index in [0.717, 1.165) is 12.1 Å². The van der Waals surface area contributed by atoms with Gasteiger partial charge in [0.2, 0.25) is 11.8 Å². The van der Waals surface area contributed by atoms with E-state index in [0.29, 0.717) is 51.9 Å². The third-order valence-electron chi connectivity index (χ3n) is 14.3. The molecule has 0 bridgehead atoms. The topological polar surface area (TPSA) is 244 Å². The Morgan fingerprint density at radius 1 is 0.333 bits per heavy atom. The van der Waals surface area contributed by atoms with Crippen LogP contribution in [0.15, 0.2) is 12.2 Å². The molecule has 0 saturated carbocycles. The summed E-state index contributed by atoms with van der Waals surface area (Å²) in [4.78, 5) is 111. The molecule has 2 amide bonds. The number of nitrogens with one attached hydrogen (secondary N) is 6. The van der Waals surface area contributed by atoms with Crippen LogP contribution in [0.4, 0.5) is 0 Å². The van der Waals surface area contributed by atoms with Crippen LogP contribution in [0.3, 0.4) is 0 Å². The van der Waals surface area contributed by atoms with Crippen LogP contribution in [0.5, 0.6) is 0 Å². The van der Waals surface area contributed by atoms with Crippen LogP contribution >= 0.6 is 0 Å². The number of ether oxygens (including phenoxy) is 2. The van der Waals surface area contributed by atoms with E-state index >= 15 is 0 Å². The summed E-state index contributed by atoms with van der Waals surface area (Å²) in [6.45, 7) is 76.6. The van der Waals surface area contributed by atoms with Gasteiger partial charge in [0.25, 0.3) is 0 Å². The minimum absolute atomic E-state index is 0.00835. The van der Waals surface area contributed by atoms with E-state index in [1.807, 2.05) is 208 Å². The third kappa shape index (κ3) is 49.3. The van der Waals surface area contributed by atoms with E-state index in [4.69, 9.17) is 9.47 Å². The Bertz CT molecular complexity index is 2360. The molecular weight excluding hydrogens is 1170 g/mol. The molecule has 546 valence electrons. The zero-order valence-corrected chi connectivity index (χ0v) is 66.7. The predicted octanol–water partition coefficient (Wildman–Crippen LogP) is 13.9. The highest BCUT2D eigenvalue weighted by atomic mass is 16.5. The average molecular weight is 1320 g/mol. The van der Waals surface area contributed by atoms with Crippen LogP contribution < -0.4 is 31.9 Å². The Labute approximate surface area is 569 Å². The SMILES string of the molecule is C=C(CCC(NC(=O)COCCOCCNC(C)(C)C)C(=O)C(C)(C)C)C(C)(C)C.CC(C)(C)NC(CC(=O)C(C)(C)C)C(=O)C(C)(C)C.CC(C)(C)NC(CCC(=O)C(C)(C)C)C(=O)C(C)(C)C.CC(C)(C)NC(CCC(=O)NCC(=O)C(C)(C)C)C(=O)C(C)(C)C. The van der Waals surface area contributed by atoms with Crippen LogP contribution in [0.2, 0.25) is 0 Å². The third-order valence-corrected chi connectivity index (χ3v) is 14.3. The quantitative estimate of drug-likeness (QED) is 0.0301. The van der Waals surface area contributed by atoms with Crippen LogP contribution in [0.25, 0.3) is 0 Å². The van der Waals surface area contributed by atoms with Gasteiger partial charge in [0.15, 0.2) is 28.9 Å². The largest absolute Gasteiger partial charge is 0.378 e. The Kier molecular flexibility index (Phi) is 40.0. The minimum atomic E-state index is -0.542. The second-order valence-electron chi connectivity index (χ2n) is 37.7. The van der Waals surface area contributed by atoms with E-state index in [2.05, 4.69) is 80.0 Å². The first-order valence-electron chi connectivity index (χ1n) is 34.1. The summed E-state index contributed by atoms with van der Waals surface area (Å²) in [5, 5.41) is 18.8. The number of carbonyl (C=O) groups excluding carboxylic acids is 9. The van der Waals surface area contributed by atoms with Crippen molar-refractivity contribution in [2.24, 2.45) is 43.3 Å². The second-order valence-corrected chi connectivity index (χ2v) is 37.7. The van der Waals surface area contributed by atoms with Crippen LogP contribution in [-0.4, -0.2) is 138 Å². The number of hydrogen-bond donors (Lipinski definition) is 6. The summed E-state index contributed by atoms with van der Waals surface area (Å²) in [5.74, 6) is 0.221. The molecule has 0 aromatic rings. The van der Waals surface area contributed by atoms with Crippen molar-refractivity contribution in [2.75, 3.05) is 39.5 Å². The van der Waals surface area contributed by atoms with E-state index in [1.54, 1.807) is 0 Å². The van der Waals surface area contributed by atoms with Crippen molar-refractivity contribution < 1.29 is 52.6 Å². The number of rotatable bonds is 29. The van der Waals surface area contributed by atoms with Crippen molar-refractivity contribution in [2.45, 2.75) is 341 Å². The lowest BCUT2D eigenvalue weighted by molar-refractivity contribution is -0.134. The molecule has 0 saturated heterocycles. The van der Waals surface area contributed by atoms with Gasteiger partial charge in [-0.3, -0.25) is 43.2 Å². The first kappa shape index (κ1) is 95.5. The highest BCUT2D eigenvalue weighted by Gasteiger charge is 2.38. The first-order valence-corrected chi connectivity index (χ1v) is 34.1. The molecule has 0 aliphatic carbocycles. The minimum Gasteiger partial charge on any atom is -0.378 e. The summed E-state index contributed by atoms with van der Waals surface area (Å²) in [7, 11) is 0. The molecule has 0 aliphatic heterocycles. The molecule has 0 spiro atoms. The molecule has 4 unspecified atom stereocenters. The molecule has 0 heterocycles. The molecule has 17 heteroatoms. The van der Waals surface area contributed by atoms with E-state index < -0.39 is 44.6 Å². The fourth-order valence-corrected chi connectivity index (χ4v) is 8.44. The summed E-state index contributed by atoms with van der Waals surface area (Å²) in [6, 6.07) is -1.60. The number of amides is 2. The molecule has 0 aromatic heterocycles. The highest BCUT2D eigenvalue weighted by molar-refractivity contribution is 5.95. The van der Waals surface area contributed by atoms with Gasteiger partial charge >= 0.3 is 0 Å². The van der Waals surface area contributed by atoms with Gasteiger partial charge in [-0.05, 0) is 114 Å². The molecule has 0 aliphatic rings. The molecule has 0 aromatic carbocycles. The van der Waals surface area contributed by atoms with Crippen LogP contribution in [0, 0.1) is 43.3 Å². The first-order chi connectivity index (χ1) is 40.9. The molecule has 0 fully saturated rings. The van der Waals surface area contributed by atoms with E-state index in [1.165, 1.54) is 0 Å². The molecule has 17 nitrogen and oxygen atoms in total. The van der Waals surface area contributed by atoms with Gasteiger partial charge in [-0.2, -0.15) is 0 Å². The van der Waals surface area contributed by atoms with Crippen molar-refractivity contribution >= 4 is 52.3 Å². The van der Waals surface area contributed by atoms with Crippen molar-refractivity contribution in [3.8, 4) is 0 Å². The van der Waals surface area contributed by atoms with Crippen molar-refractivity contribution in [3.05, 3.63) is 12.2 Å². The Hall–Kier alpha value is -3.87. The zero-order valence-electron chi connectivity index (χ0n) is 66.7. The maximum absolute atomic E-state index is 12.8. The molecule has 93 heavy (non-hydrogen) atoms. The fraction of sp³-hybridized carbons (Fsp3) is 0.855. The van der Waals surface area contributed by atoms with Gasteiger partial charge in [-0.1, -0.05) is 178 Å². The van der Waals surface area contributed by atoms with Gasteiger partial charge in [0, 0.05) is 85.9 Å². The monoisotopic (exact) mass is 1320 g/mol. The van der Waals surface area contributed by atoms with Crippen LogP contribution in [-0.2, 0) is 52.6 Å². The van der Waals surface area contributed by atoms with Gasteiger partial charge in [0.1, 0.15) is 18.2 Å². The summed E-state index contributed by atoms with van der Waals surface area (Å²) < 4.78 is 10.9. The molecule has 6 N–H and O–H groups in total. The predicted molar refractivity (Wildman–Crippen MR) is 387 cm³/mol. The second kappa shape index (κ2) is 38.9. The number of allylic oxidation sites excluding steroid dienone is 1. The maximum Gasteiger partial charge on any atom is 0.246 e. The fourth-order valence-electron chi connectivity index (χ4n) is 8.44. The normalized spacial score (nSPS) is 14.5. The number of Topliss-reactive ketones (excluding diaryl/α,β-unsaturated/α-hetero) is 7. The molecular formula is C76H146N6O11. The number of hydrogen-bond acceptors (Lipinski definition) is 15. The van der Waals surface area contributed by atoms with Crippen molar-refractivity contribution in [1.29, 1.82) is 0 Å². The van der Waals surface area contributed by atoms with Gasteiger partial charge < -0.3 is 41.4 Å². The van der Waals surface area contributed by atoms with E-state index in [-0.39, 0.29) is 123 Å². The Morgan fingerprint density at radius 3 is 1.01 bits per heavy atom. The summed E-state index contributed by atoms with van der Waals surface area (Å²) >= 11 is 0. The average Bonchev–Trinajstić information content (AvgIpc) is 0.874. The number of carbonyl (C=O) groups is 9. The standard InChI is InChI=1S/C24H46N2O4.C19H36N2O3.C17H33NO2.C16H31NO2/c1-18(22(2,3)4)11-12-19(21(28)23(5,6)7)26-20(27)17-30-16-15-29-14-13-25-24(8,9)10;1-17(2,3)14(22)12-20-15(23)11-10-13(21-19(7,8)9)16(24)18(4,5)6;1-15(2,3)13(19)11-10-12(18-17(7,8)9)14(20)16(4,5)6;1-14(2,3)12(18)10-11(17-16(7,8)9)13(19)15(4,5)6/h19,25H,1,11-17H2,2-10H3,(H,26,27);13,21H,10-12H2,1-9H3,(H,20,23);12,18H,10-11H2,1-9H3;11,17H,10H2,1-9H3. The van der Waals surface area contributed by atoms with Crippen molar-refractivity contribution in [3.63, 3.8) is 0 Å². The van der Waals surface area contributed by atoms with Crippen molar-refractivity contribution in [1.82, 2.24) is 31.9 Å². The van der Waals surface area contributed by atoms with Crippen LogP contribution in [0.1, 0.15) is 294 Å². The van der Waals surface area contributed by atoms with Gasteiger partial charge in [-0.25, -0.2) is 0 Å². The van der Waals surface area contributed by atoms with Gasteiger partial charge in [-0.15, -0.1) is 0 Å². The smallest absolute Gasteiger partial charge is 0.246 e. The summed E-state index contributed by atoms with van der Waals surface area (Å²) in [6.07, 6.45) is 3.14. The maximum atomic E-state index is 12.8. The highest BCUT2D eigenvalue weighted by Crippen LogP contribution is 2.30.